The molecule has 6 nitrogen and oxygen atoms in total. The molecule has 0 N–H and O–H groups in total. The van der Waals surface area contributed by atoms with Crippen LogP contribution in [0.25, 0.3) is 0 Å². The number of carbonyl (C=O) groups excluding carboxylic acids is 3. The zero-order valence-electron chi connectivity index (χ0n) is 46.1. The van der Waals surface area contributed by atoms with Gasteiger partial charge in [0.15, 0.2) is 6.10 Å². The summed E-state index contributed by atoms with van der Waals surface area (Å²) in [7, 11) is 0. The molecule has 0 aliphatic rings. The number of hydrogen-bond donors (Lipinski definition) is 0. The average Bonchev–Trinajstić information content (AvgIpc) is 3.38. The number of unbranched alkanes of at least 4 members (excludes halogenated alkanes) is 21. The number of esters is 3. The quantitative estimate of drug-likeness (QED) is 0.0199. The highest BCUT2D eigenvalue weighted by atomic mass is 16.6. The Morgan fingerprint density at radius 1 is 0.306 bits per heavy atom. The molecule has 72 heavy (non-hydrogen) atoms. The molecule has 1 unspecified atom stereocenters. The molecule has 0 fully saturated rings. The minimum atomic E-state index is -0.816. The van der Waals surface area contributed by atoms with Crippen molar-refractivity contribution >= 4 is 17.9 Å². The highest BCUT2D eigenvalue weighted by molar-refractivity contribution is 5.71. The molecule has 0 saturated carbocycles. The van der Waals surface area contributed by atoms with E-state index in [4.69, 9.17) is 14.2 Å². The van der Waals surface area contributed by atoms with Gasteiger partial charge < -0.3 is 14.2 Å². The van der Waals surface area contributed by atoms with Crippen LogP contribution in [0.2, 0.25) is 0 Å². The third-order valence-electron chi connectivity index (χ3n) is 11.8. The van der Waals surface area contributed by atoms with Gasteiger partial charge in [-0.1, -0.05) is 256 Å². The summed E-state index contributed by atoms with van der Waals surface area (Å²) in [5.74, 6) is -0.982. The Kier molecular flexibility index (Phi) is 55.0. The second-order valence-electron chi connectivity index (χ2n) is 18.6. The number of rotatable bonds is 50. The van der Waals surface area contributed by atoms with Crippen LogP contribution in [-0.4, -0.2) is 37.2 Å². The third-order valence-corrected chi connectivity index (χ3v) is 11.8. The lowest BCUT2D eigenvalue weighted by atomic mass is 10.1. The van der Waals surface area contributed by atoms with Crippen molar-refractivity contribution < 1.29 is 28.6 Å². The maximum Gasteiger partial charge on any atom is 0.306 e. The summed E-state index contributed by atoms with van der Waals surface area (Å²) in [6.45, 7) is 6.31. The molecule has 0 aromatic carbocycles. The van der Waals surface area contributed by atoms with Crippen molar-refractivity contribution in [1.29, 1.82) is 0 Å². The van der Waals surface area contributed by atoms with Gasteiger partial charge in [-0.05, 0) is 103 Å². The largest absolute Gasteiger partial charge is 0.462 e. The van der Waals surface area contributed by atoms with E-state index in [0.29, 0.717) is 19.3 Å². The lowest BCUT2D eigenvalue weighted by Crippen LogP contribution is -2.30. The standard InChI is InChI=1S/C66H104O6/c1-4-7-10-13-16-19-22-25-28-31-33-35-38-41-44-47-50-53-56-59-65(68)71-62-63(61-70-64(67)58-55-52-49-46-43-40-37-30-27-24-21-18-15-12-9-6-3)72-66(69)60-57-54-51-48-45-42-39-36-34-32-29-26-23-20-17-14-11-8-5-2/h7-8,10-11,13,16-17,19-20,22,25-26,28-31,33-38,41,44,63H,4-6,9,12,14-15,18,21,23-24,27,32,39-40,42-43,45-62H2,1-3H3/b10-7-,11-8-,16-13-,20-17-,22-19-,28-25-,29-26-,33-31+,36-34-,37-30-,38-35-,44-41-. The molecule has 404 valence electrons. The zero-order chi connectivity index (χ0) is 52.2. The molecule has 0 aliphatic carbocycles. The van der Waals surface area contributed by atoms with Crippen LogP contribution >= 0.6 is 0 Å². The molecule has 0 aromatic heterocycles. The predicted molar refractivity (Wildman–Crippen MR) is 311 cm³/mol. The first-order valence-electron chi connectivity index (χ1n) is 28.9. The summed E-state index contributed by atoms with van der Waals surface area (Å²) in [5, 5.41) is 0. The van der Waals surface area contributed by atoms with E-state index in [1.807, 2.05) is 72.9 Å². The van der Waals surface area contributed by atoms with Gasteiger partial charge in [0.2, 0.25) is 0 Å². The zero-order valence-corrected chi connectivity index (χ0v) is 46.1. The van der Waals surface area contributed by atoms with E-state index in [2.05, 4.69) is 93.7 Å². The Labute approximate surface area is 442 Å². The van der Waals surface area contributed by atoms with Gasteiger partial charge in [0, 0.05) is 19.3 Å². The van der Waals surface area contributed by atoms with Crippen LogP contribution in [0.1, 0.15) is 233 Å². The summed E-state index contributed by atoms with van der Waals surface area (Å²) in [6.07, 6.45) is 84.0. The number of hydrogen-bond acceptors (Lipinski definition) is 6. The summed E-state index contributed by atoms with van der Waals surface area (Å²) in [6, 6.07) is 0. The Balaban J connectivity index is 4.56. The summed E-state index contributed by atoms with van der Waals surface area (Å²) >= 11 is 0. The van der Waals surface area contributed by atoms with Gasteiger partial charge >= 0.3 is 17.9 Å². The first-order chi connectivity index (χ1) is 35.5. The van der Waals surface area contributed by atoms with E-state index in [-0.39, 0.29) is 31.1 Å². The van der Waals surface area contributed by atoms with Gasteiger partial charge in [-0.15, -0.1) is 0 Å². The first kappa shape index (κ1) is 67.3. The maximum absolute atomic E-state index is 12.9. The van der Waals surface area contributed by atoms with E-state index in [9.17, 15) is 14.4 Å². The van der Waals surface area contributed by atoms with Crippen molar-refractivity contribution in [3.63, 3.8) is 0 Å². The van der Waals surface area contributed by atoms with Gasteiger partial charge in [0.1, 0.15) is 13.2 Å². The fraction of sp³-hybridized carbons (Fsp3) is 0.591. The highest BCUT2D eigenvalue weighted by Crippen LogP contribution is 2.14. The predicted octanol–water partition coefficient (Wildman–Crippen LogP) is 19.6. The molecular weight excluding hydrogens is 889 g/mol. The van der Waals surface area contributed by atoms with E-state index in [0.717, 1.165) is 122 Å². The van der Waals surface area contributed by atoms with Crippen molar-refractivity contribution in [3.8, 4) is 0 Å². The van der Waals surface area contributed by atoms with E-state index in [1.165, 1.54) is 70.6 Å². The summed E-state index contributed by atoms with van der Waals surface area (Å²) in [5.41, 5.74) is 0. The van der Waals surface area contributed by atoms with Crippen molar-refractivity contribution in [3.05, 3.63) is 146 Å². The van der Waals surface area contributed by atoms with Gasteiger partial charge in [-0.3, -0.25) is 14.4 Å². The fourth-order valence-corrected chi connectivity index (χ4v) is 7.47. The lowest BCUT2D eigenvalue weighted by Gasteiger charge is -2.18. The SMILES string of the molecule is CC\C=C/C=C\C=C/C=C\C=C\C=C/C=C\CCCCCC(=O)OCC(COC(=O)CCCCCCC/C=C\CCCCCCCCC)OC(=O)CCCCCCCC/C=C\C/C=C\C/C=C\C/C=C\CC. The normalized spacial score (nSPS) is 13.2. The van der Waals surface area contributed by atoms with Crippen LogP contribution < -0.4 is 0 Å². The minimum absolute atomic E-state index is 0.109. The van der Waals surface area contributed by atoms with Crippen LogP contribution in [0.3, 0.4) is 0 Å². The Bertz CT molecular complexity index is 1610. The van der Waals surface area contributed by atoms with Crippen LogP contribution in [0, 0.1) is 0 Å². The first-order valence-corrected chi connectivity index (χ1v) is 28.9. The molecule has 6 heteroatoms. The van der Waals surface area contributed by atoms with Gasteiger partial charge in [-0.25, -0.2) is 0 Å². The average molecular weight is 994 g/mol. The molecule has 0 saturated heterocycles. The van der Waals surface area contributed by atoms with E-state index >= 15 is 0 Å². The van der Waals surface area contributed by atoms with Gasteiger partial charge in [-0.2, -0.15) is 0 Å². The molecule has 0 heterocycles. The van der Waals surface area contributed by atoms with Gasteiger partial charge in [0.05, 0.1) is 0 Å². The van der Waals surface area contributed by atoms with Crippen LogP contribution in [0.5, 0.6) is 0 Å². The van der Waals surface area contributed by atoms with E-state index < -0.39 is 6.10 Å². The van der Waals surface area contributed by atoms with Gasteiger partial charge in [0.25, 0.3) is 0 Å². The second kappa shape index (κ2) is 58.9. The summed E-state index contributed by atoms with van der Waals surface area (Å²) in [4.78, 5) is 38.2. The van der Waals surface area contributed by atoms with Crippen LogP contribution in [-0.2, 0) is 28.6 Å². The monoisotopic (exact) mass is 993 g/mol. The topological polar surface area (TPSA) is 78.9 Å². The van der Waals surface area contributed by atoms with Crippen LogP contribution in [0.4, 0.5) is 0 Å². The number of carbonyl (C=O) groups is 3. The molecule has 0 amide bonds. The Morgan fingerprint density at radius 2 is 0.611 bits per heavy atom. The molecule has 0 spiro atoms. The molecule has 0 bridgehead atoms. The Hall–Kier alpha value is -4.71. The molecule has 1 atom stereocenters. The highest BCUT2D eigenvalue weighted by Gasteiger charge is 2.19. The summed E-state index contributed by atoms with van der Waals surface area (Å²) < 4.78 is 16.8. The second-order valence-corrected chi connectivity index (χ2v) is 18.6. The maximum atomic E-state index is 12.9. The Morgan fingerprint density at radius 3 is 1.04 bits per heavy atom. The molecule has 0 radical (unpaired) electrons. The van der Waals surface area contributed by atoms with Crippen molar-refractivity contribution in [2.24, 2.45) is 0 Å². The van der Waals surface area contributed by atoms with Crippen molar-refractivity contribution in [2.75, 3.05) is 13.2 Å². The van der Waals surface area contributed by atoms with Crippen molar-refractivity contribution in [1.82, 2.24) is 0 Å². The number of allylic oxidation sites excluding steroid dienone is 24. The molecule has 0 rings (SSSR count). The van der Waals surface area contributed by atoms with Crippen LogP contribution in [0.15, 0.2) is 146 Å². The molecular formula is C66H104O6. The lowest BCUT2D eigenvalue weighted by molar-refractivity contribution is -0.167. The fourth-order valence-electron chi connectivity index (χ4n) is 7.47. The molecule has 0 aliphatic heterocycles. The molecule has 0 aromatic rings. The smallest absolute Gasteiger partial charge is 0.306 e. The minimum Gasteiger partial charge on any atom is -0.462 e. The third kappa shape index (κ3) is 56.2. The van der Waals surface area contributed by atoms with E-state index in [1.54, 1.807) is 0 Å². The number of ether oxygens (including phenoxy) is 3. The van der Waals surface area contributed by atoms with Crippen molar-refractivity contribution in [2.45, 2.75) is 239 Å².